The molecule has 0 spiro atoms. The van der Waals surface area contributed by atoms with Gasteiger partial charge in [-0.25, -0.2) is 0 Å². The second kappa shape index (κ2) is 8.78. The van der Waals surface area contributed by atoms with Crippen molar-refractivity contribution in [2.75, 3.05) is 26.4 Å². The third-order valence-electron chi connectivity index (χ3n) is 2.42. The van der Waals surface area contributed by atoms with Gasteiger partial charge in [0.2, 0.25) is 0 Å². The van der Waals surface area contributed by atoms with Gasteiger partial charge in [-0.15, -0.1) is 0 Å². The number of nitrogens with two attached hydrogens (primary N) is 1. The van der Waals surface area contributed by atoms with Crippen LogP contribution in [-0.4, -0.2) is 26.4 Å². The zero-order valence-corrected chi connectivity index (χ0v) is 11.3. The molecule has 4 nitrogen and oxygen atoms in total. The van der Waals surface area contributed by atoms with Gasteiger partial charge >= 0.3 is 0 Å². The molecule has 0 aliphatic rings. The summed E-state index contributed by atoms with van der Waals surface area (Å²) in [5.74, 6) is 1.60. The van der Waals surface area contributed by atoms with Crippen molar-refractivity contribution in [2.24, 2.45) is 5.73 Å². The zero-order chi connectivity index (χ0) is 13.2. The molecule has 0 bridgehead atoms. The minimum Gasteiger partial charge on any atom is -0.493 e. The highest BCUT2D eigenvalue weighted by Gasteiger charge is 2.05. The van der Waals surface area contributed by atoms with E-state index in [9.17, 15) is 0 Å². The van der Waals surface area contributed by atoms with E-state index in [4.69, 9.17) is 19.9 Å². The smallest absolute Gasteiger partial charge is 0.127 e. The van der Waals surface area contributed by atoms with E-state index in [1.807, 2.05) is 25.1 Å². The molecule has 0 aromatic heterocycles. The normalized spacial score (nSPS) is 10.4. The monoisotopic (exact) mass is 253 g/mol. The lowest BCUT2D eigenvalue weighted by molar-refractivity contribution is 0.109. The quantitative estimate of drug-likeness (QED) is 0.686. The molecular formula is C14H23NO3. The molecular weight excluding hydrogens is 230 g/mol. The first-order valence-electron chi connectivity index (χ1n) is 6.48. The van der Waals surface area contributed by atoms with Gasteiger partial charge in [0.05, 0.1) is 13.2 Å². The molecule has 0 unspecified atom stereocenters. The maximum Gasteiger partial charge on any atom is 0.127 e. The fraction of sp³-hybridized carbons (Fsp3) is 0.571. The van der Waals surface area contributed by atoms with Gasteiger partial charge in [0.1, 0.15) is 18.1 Å². The second-order valence-corrected chi connectivity index (χ2v) is 3.87. The van der Waals surface area contributed by atoms with Crippen molar-refractivity contribution in [1.82, 2.24) is 0 Å². The zero-order valence-electron chi connectivity index (χ0n) is 11.3. The van der Waals surface area contributed by atoms with E-state index in [0.29, 0.717) is 33.0 Å². The van der Waals surface area contributed by atoms with Crippen molar-refractivity contribution in [2.45, 2.75) is 26.8 Å². The summed E-state index contributed by atoms with van der Waals surface area (Å²) in [7, 11) is 0. The van der Waals surface area contributed by atoms with E-state index >= 15 is 0 Å². The molecule has 0 aliphatic heterocycles. The first kappa shape index (κ1) is 14.8. The summed E-state index contributed by atoms with van der Waals surface area (Å²) in [6.07, 6.45) is 0.985. The van der Waals surface area contributed by atoms with Crippen molar-refractivity contribution < 1.29 is 14.2 Å². The molecule has 0 amide bonds. The summed E-state index contributed by atoms with van der Waals surface area (Å²) in [6.45, 7) is 7.02. The van der Waals surface area contributed by atoms with Crippen LogP contribution in [0, 0.1) is 0 Å². The minimum absolute atomic E-state index is 0.456. The highest BCUT2D eigenvalue weighted by Crippen LogP contribution is 2.24. The number of hydrogen-bond acceptors (Lipinski definition) is 4. The van der Waals surface area contributed by atoms with Crippen LogP contribution in [-0.2, 0) is 11.3 Å². The van der Waals surface area contributed by atoms with Gasteiger partial charge in [-0.05, 0) is 19.4 Å². The van der Waals surface area contributed by atoms with Gasteiger partial charge in [-0.2, -0.15) is 0 Å². The van der Waals surface area contributed by atoms with Crippen LogP contribution < -0.4 is 15.2 Å². The average molecular weight is 253 g/mol. The molecule has 1 rings (SSSR count). The number of rotatable bonds is 9. The summed E-state index contributed by atoms with van der Waals surface area (Å²) in [6, 6.07) is 5.76. The molecule has 0 heterocycles. The Morgan fingerprint density at radius 3 is 2.56 bits per heavy atom. The molecule has 2 N–H and O–H groups in total. The van der Waals surface area contributed by atoms with Crippen LogP contribution in [0.2, 0.25) is 0 Å². The Bertz CT molecular complexity index is 342. The highest BCUT2D eigenvalue weighted by atomic mass is 16.5. The predicted octanol–water partition coefficient (Wildman–Crippen LogP) is 2.35. The summed E-state index contributed by atoms with van der Waals surface area (Å²) >= 11 is 0. The van der Waals surface area contributed by atoms with Crippen LogP contribution in [0.1, 0.15) is 25.8 Å². The number of hydrogen-bond donors (Lipinski definition) is 1. The molecule has 0 atom stereocenters. The van der Waals surface area contributed by atoms with Gasteiger partial charge in [0, 0.05) is 24.8 Å². The van der Waals surface area contributed by atoms with E-state index in [0.717, 1.165) is 23.5 Å². The lowest BCUT2D eigenvalue weighted by Gasteiger charge is -2.12. The molecule has 18 heavy (non-hydrogen) atoms. The van der Waals surface area contributed by atoms with Crippen molar-refractivity contribution in [1.29, 1.82) is 0 Å². The number of ether oxygens (including phenoxy) is 3. The Morgan fingerprint density at radius 2 is 1.89 bits per heavy atom. The molecule has 0 saturated heterocycles. The van der Waals surface area contributed by atoms with Crippen LogP contribution in [0.5, 0.6) is 11.5 Å². The van der Waals surface area contributed by atoms with Crippen molar-refractivity contribution in [3.05, 3.63) is 23.8 Å². The van der Waals surface area contributed by atoms with E-state index < -0.39 is 0 Å². The Kier molecular flexibility index (Phi) is 7.22. The Hall–Kier alpha value is -1.26. The van der Waals surface area contributed by atoms with Crippen LogP contribution in [0.3, 0.4) is 0 Å². The lowest BCUT2D eigenvalue weighted by Crippen LogP contribution is -2.09. The van der Waals surface area contributed by atoms with Gasteiger partial charge in [0.25, 0.3) is 0 Å². The third kappa shape index (κ3) is 4.94. The van der Waals surface area contributed by atoms with Crippen LogP contribution in [0.15, 0.2) is 18.2 Å². The van der Waals surface area contributed by atoms with E-state index in [2.05, 4.69) is 6.92 Å². The third-order valence-corrected chi connectivity index (χ3v) is 2.42. The molecule has 4 heteroatoms. The van der Waals surface area contributed by atoms with Gasteiger partial charge in [0.15, 0.2) is 0 Å². The van der Waals surface area contributed by atoms with Crippen molar-refractivity contribution in [3.8, 4) is 11.5 Å². The molecule has 0 fully saturated rings. The molecule has 102 valence electrons. The standard InChI is InChI=1S/C14H23NO3/c1-3-7-17-13-6-5-12(11-15)14(10-13)18-9-8-16-4-2/h5-6,10H,3-4,7-9,11,15H2,1-2H3. The molecule has 0 aliphatic carbocycles. The van der Waals surface area contributed by atoms with Gasteiger partial charge in [-0.1, -0.05) is 13.0 Å². The van der Waals surface area contributed by atoms with E-state index in [1.165, 1.54) is 0 Å². The topological polar surface area (TPSA) is 53.7 Å². The first-order chi connectivity index (χ1) is 8.81. The highest BCUT2D eigenvalue weighted by molar-refractivity contribution is 5.40. The molecule has 1 aromatic carbocycles. The number of benzene rings is 1. The largest absolute Gasteiger partial charge is 0.493 e. The van der Waals surface area contributed by atoms with E-state index in [1.54, 1.807) is 0 Å². The SMILES string of the molecule is CCCOc1ccc(CN)c(OCCOCC)c1. The Morgan fingerprint density at radius 1 is 1.06 bits per heavy atom. The van der Waals surface area contributed by atoms with Gasteiger partial charge < -0.3 is 19.9 Å². The molecule has 0 saturated carbocycles. The Balaban J connectivity index is 2.60. The van der Waals surface area contributed by atoms with E-state index in [-0.39, 0.29) is 0 Å². The summed E-state index contributed by atoms with van der Waals surface area (Å²) in [5, 5.41) is 0. The molecule has 1 aromatic rings. The summed E-state index contributed by atoms with van der Waals surface area (Å²) in [4.78, 5) is 0. The lowest BCUT2D eigenvalue weighted by atomic mass is 10.2. The minimum atomic E-state index is 0.456. The maximum absolute atomic E-state index is 5.68. The van der Waals surface area contributed by atoms with Crippen LogP contribution in [0.4, 0.5) is 0 Å². The average Bonchev–Trinajstić information content (AvgIpc) is 2.41. The summed E-state index contributed by atoms with van der Waals surface area (Å²) in [5.41, 5.74) is 6.66. The maximum atomic E-state index is 5.68. The van der Waals surface area contributed by atoms with Crippen molar-refractivity contribution in [3.63, 3.8) is 0 Å². The Labute approximate surface area is 109 Å². The fourth-order valence-electron chi connectivity index (χ4n) is 1.50. The predicted molar refractivity (Wildman–Crippen MR) is 72.1 cm³/mol. The van der Waals surface area contributed by atoms with Gasteiger partial charge in [-0.3, -0.25) is 0 Å². The van der Waals surface area contributed by atoms with Crippen LogP contribution in [0.25, 0.3) is 0 Å². The first-order valence-corrected chi connectivity index (χ1v) is 6.48. The summed E-state index contributed by atoms with van der Waals surface area (Å²) < 4.78 is 16.5. The molecule has 0 radical (unpaired) electrons. The second-order valence-electron chi connectivity index (χ2n) is 3.87. The fourth-order valence-corrected chi connectivity index (χ4v) is 1.50. The van der Waals surface area contributed by atoms with Crippen LogP contribution >= 0.6 is 0 Å². The van der Waals surface area contributed by atoms with Crippen molar-refractivity contribution >= 4 is 0 Å².